The number of benzene rings is 1. The highest BCUT2D eigenvalue weighted by atomic mass is 19.4. The molecule has 1 fully saturated rings. The third-order valence-electron chi connectivity index (χ3n) is 4.32. The normalized spacial score (nSPS) is 20.9. The van der Waals surface area contributed by atoms with Crippen molar-refractivity contribution in [1.29, 1.82) is 0 Å². The predicted octanol–water partition coefficient (Wildman–Crippen LogP) is 2.18. The van der Waals surface area contributed by atoms with Crippen molar-refractivity contribution < 1.29 is 42.4 Å². The molecule has 0 saturated carbocycles. The zero-order valence-electron chi connectivity index (χ0n) is 14.9. The number of halogens is 3. The van der Waals surface area contributed by atoms with Crippen LogP contribution in [0.1, 0.15) is 20.8 Å². The molecule has 10 heteroatoms. The van der Waals surface area contributed by atoms with E-state index in [1.807, 2.05) is 0 Å². The molecule has 2 N–H and O–H groups in total. The molecular formula is C17H20F3NO6. The smallest absolute Gasteiger partial charge is 0.479 e. The van der Waals surface area contributed by atoms with Crippen LogP contribution in [-0.2, 0) is 14.3 Å². The van der Waals surface area contributed by atoms with Crippen LogP contribution in [0.15, 0.2) is 24.3 Å². The summed E-state index contributed by atoms with van der Waals surface area (Å²) in [4.78, 5) is 25.7. The van der Waals surface area contributed by atoms with Gasteiger partial charge in [-0.3, -0.25) is 4.79 Å². The highest BCUT2D eigenvalue weighted by Crippen LogP contribution is 2.38. The standard InChI is InChI=1S/C17H20F3NO6/c1-15(2,3)16(25,14(23)24)12-13(22)21(8-9-26-12)10-4-6-11(7-5-10)27-17(18,19)20/h4-7,12,25H,8-9H2,1-3H3,(H,23,24)/t12-,16+/m0/s1. The molecule has 1 saturated heterocycles. The number of carboxylic acid groups (broad SMARTS) is 1. The highest BCUT2D eigenvalue weighted by Gasteiger charge is 2.59. The molecule has 1 aromatic carbocycles. The van der Waals surface area contributed by atoms with Gasteiger partial charge in [-0.05, 0) is 24.3 Å². The van der Waals surface area contributed by atoms with Crippen LogP contribution in [0.3, 0.4) is 0 Å². The molecule has 1 heterocycles. The summed E-state index contributed by atoms with van der Waals surface area (Å²) in [5.74, 6) is -2.87. The fourth-order valence-corrected chi connectivity index (χ4v) is 2.79. The Morgan fingerprint density at radius 2 is 1.78 bits per heavy atom. The summed E-state index contributed by atoms with van der Waals surface area (Å²) >= 11 is 0. The maximum absolute atomic E-state index is 12.8. The van der Waals surface area contributed by atoms with E-state index in [9.17, 15) is 33.0 Å². The lowest BCUT2D eigenvalue weighted by Gasteiger charge is -2.44. The summed E-state index contributed by atoms with van der Waals surface area (Å²) in [7, 11) is 0. The lowest BCUT2D eigenvalue weighted by molar-refractivity contribution is -0.274. The second kappa shape index (κ2) is 7.01. The number of carbonyl (C=O) groups is 2. The summed E-state index contributed by atoms with van der Waals surface area (Å²) in [5.41, 5.74) is -3.50. The van der Waals surface area contributed by atoms with E-state index in [0.29, 0.717) is 0 Å². The number of morpholine rings is 1. The molecule has 0 bridgehead atoms. The quantitative estimate of drug-likeness (QED) is 0.817. The summed E-state index contributed by atoms with van der Waals surface area (Å²) in [6.07, 6.45) is -6.51. The van der Waals surface area contributed by atoms with E-state index < -0.39 is 41.1 Å². The number of aliphatic hydroxyl groups is 1. The fourth-order valence-electron chi connectivity index (χ4n) is 2.79. The molecule has 1 aromatic rings. The molecule has 0 spiro atoms. The first kappa shape index (κ1) is 21.0. The minimum Gasteiger partial charge on any atom is -0.479 e. The Hall–Kier alpha value is -2.33. The fraction of sp³-hybridized carbons (Fsp3) is 0.529. The third-order valence-corrected chi connectivity index (χ3v) is 4.32. The Morgan fingerprint density at radius 3 is 2.22 bits per heavy atom. The van der Waals surface area contributed by atoms with Gasteiger partial charge in [-0.2, -0.15) is 0 Å². The van der Waals surface area contributed by atoms with Crippen molar-refractivity contribution in [1.82, 2.24) is 0 Å². The van der Waals surface area contributed by atoms with Crippen molar-refractivity contribution in [2.24, 2.45) is 5.41 Å². The van der Waals surface area contributed by atoms with Gasteiger partial charge in [0.25, 0.3) is 5.91 Å². The van der Waals surface area contributed by atoms with Crippen LogP contribution in [0, 0.1) is 5.41 Å². The van der Waals surface area contributed by atoms with E-state index in [1.54, 1.807) is 0 Å². The van der Waals surface area contributed by atoms with Crippen LogP contribution in [0.5, 0.6) is 5.75 Å². The lowest BCUT2D eigenvalue weighted by atomic mass is 9.72. The van der Waals surface area contributed by atoms with Gasteiger partial charge in [-0.1, -0.05) is 20.8 Å². The molecule has 0 radical (unpaired) electrons. The number of aliphatic carboxylic acids is 1. The molecule has 1 aliphatic rings. The number of alkyl halides is 3. The number of hydrogen-bond acceptors (Lipinski definition) is 5. The van der Waals surface area contributed by atoms with Crippen LogP contribution in [0.4, 0.5) is 18.9 Å². The topological polar surface area (TPSA) is 96.3 Å². The molecule has 0 aromatic heterocycles. The Morgan fingerprint density at radius 1 is 1.22 bits per heavy atom. The van der Waals surface area contributed by atoms with Crippen LogP contribution >= 0.6 is 0 Å². The molecular weight excluding hydrogens is 371 g/mol. The molecule has 27 heavy (non-hydrogen) atoms. The average molecular weight is 391 g/mol. The van der Waals surface area contributed by atoms with E-state index in [-0.39, 0.29) is 18.8 Å². The second-order valence-electron chi connectivity index (χ2n) is 7.10. The third kappa shape index (κ3) is 4.16. The van der Waals surface area contributed by atoms with Gasteiger partial charge in [-0.25, -0.2) is 4.79 Å². The van der Waals surface area contributed by atoms with Crippen molar-refractivity contribution in [3.63, 3.8) is 0 Å². The van der Waals surface area contributed by atoms with Gasteiger partial charge in [0.1, 0.15) is 5.75 Å². The first-order valence-electron chi connectivity index (χ1n) is 8.02. The number of amides is 1. The summed E-state index contributed by atoms with van der Waals surface area (Å²) < 4.78 is 45.8. The highest BCUT2D eigenvalue weighted by molar-refractivity contribution is 6.01. The first-order valence-corrected chi connectivity index (χ1v) is 8.02. The summed E-state index contributed by atoms with van der Waals surface area (Å²) in [6.45, 7) is 4.37. The number of ether oxygens (including phenoxy) is 2. The Kier molecular flexibility index (Phi) is 5.44. The molecule has 2 atom stereocenters. The number of carbonyl (C=O) groups excluding carboxylic acids is 1. The minimum atomic E-state index is -4.84. The molecule has 150 valence electrons. The summed E-state index contributed by atoms with van der Waals surface area (Å²) in [6, 6.07) is 4.54. The zero-order chi connectivity index (χ0) is 20.6. The van der Waals surface area contributed by atoms with Crippen molar-refractivity contribution in [2.45, 2.75) is 38.8 Å². The van der Waals surface area contributed by atoms with E-state index in [4.69, 9.17) is 4.74 Å². The van der Waals surface area contributed by atoms with E-state index in [1.165, 1.54) is 32.9 Å². The van der Waals surface area contributed by atoms with E-state index >= 15 is 0 Å². The molecule has 2 rings (SSSR count). The van der Waals surface area contributed by atoms with Crippen molar-refractivity contribution in [3.8, 4) is 5.75 Å². The lowest BCUT2D eigenvalue weighted by Crippen LogP contribution is -2.66. The Balaban J connectivity index is 2.30. The van der Waals surface area contributed by atoms with Gasteiger partial charge in [-0.15, -0.1) is 13.2 Å². The molecule has 0 unspecified atom stereocenters. The van der Waals surface area contributed by atoms with Gasteiger partial charge < -0.3 is 24.6 Å². The number of carboxylic acids is 1. The number of hydrogen-bond donors (Lipinski definition) is 2. The van der Waals surface area contributed by atoms with Gasteiger partial charge in [0.2, 0.25) is 5.60 Å². The van der Waals surface area contributed by atoms with Gasteiger partial charge in [0.15, 0.2) is 6.10 Å². The van der Waals surface area contributed by atoms with Crippen LogP contribution in [-0.4, -0.2) is 53.3 Å². The van der Waals surface area contributed by atoms with E-state index in [2.05, 4.69) is 4.74 Å². The Labute approximate surface area is 153 Å². The minimum absolute atomic E-state index is 0.0502. The largest absolute Gasteiger partial charge is 0.573 e. The molecule has 7 nitrogen and oxygen atoms in total. The molecule has 0 aliphatic carbocycles. The van der Waals surface area contributed by atoms with Crippen LogP contribution < -0.4 is 9.64 Å². The predicted molar refractivity (Wildman–Crippen MR) is 87.3 cm³/mol. The number of nitrogens with zero attached hydrogens (tertiary/aromatic N) is 1. The maximum Gasteiger partial charge on any atom is 0.573 e. The van der Waals surface area contributed by atoms with Gasteiger partial charge in [0, 0.05) is 17.6 Å². The van der Waals surface area contributed by atoms with Crippen molar-refractivity contribution >= 4 is 17.6 Å². The van der Waals surface area contributed by atoms with Crippen molar-refractivity contribution in [3.05, 3.63) is 24.3 Å². The second-order valence-corrected chi connectivity index (χ2v) is 7.10. The molecule has 1 aliphatic heterocycles. The Bertz CT molecular complexity index is 713. The maximum atomic E-state index is 12.8. The van der Waals surface area contributed by atoms with Crippen molar-refractivity contribution in [2.75, 3.05) is 18.1 Å². The zero-order valence-corrected chi connectivity index (χ0v) is 14.9. The number of anilines is 1. The van der Waals surface area contributed by atoms with Gasteiger partial charge in [0.05, 0.1) is 6.61 Å². The summed E-state index contributed by atoms with van der Waals surface area (Å²) in [5, 5.41) is 20.3. The monoisotopic (exact) mass is 391 g/mol. The van der Waals surface area contributed by atoms with Crippen LogP contribution in [0.25, 0.3) is 0 Å². The van der Waals surface area contributed by atoms with Gasteiger partial charge >= 0.3 is 12.3 Å². The van der Waals surface area contributed by atoms with E-state index in [0.717, 1.165) is 17.0 Å². The number of rotatable bonds is 4. The molecule has 1 amide bonds. The SMILES string of the molecule is CC(C)(C)[C@](O)(C(=O)O)[C@H]1OCCN(c2ccc(OC(F)(F)F)cc2)C1=O. The first-order chi connectivity index (χ1) is 12.3. The average Bonchev–Trinajstić information content (AvgIpc) is 2.52. The van der Waals surface area contributed by atoms with Crippen LogP contribution in [0.2, 0.25) is 0 Å².